The van der Waals surface area contributed by atoms with Crippen LogP contribution in [0.5, 0.6) is 5.88 Å². The molecule has 0 saturated carbocycles. The highest BCUT2D eigenvalue weighted by molar-refractivity contribution is 7.22. The van der Waals surface area contributed by atoms with Gasteiger partial charge >= 0.3 is 7.12 Å². The van der Waals surface area contributed by atoms with Gasteiger partial charge < -0.3 is 14.0 Å². The Labute approximate surface area is 115 Å². The molecule has 0 amide bonds. The lowest BCUT2D eigenvalue weighted by molar-refractivity contribution is 0.00578. The van der Waals surface area contributed by atoms with E-state index in [-0.39, 0.29) is 15.7 Å². The second kappa shape index (κ2) is 3.97. The fourth-order valence-corrected chi connectivity index (χ4v) is 2.19. The molecule has 0 bridgehead atoms. The standard InChI is InChI=1S/C11H18BNO3S/c1-7-13-9(14-6)8(17-7)12-15-10(2,3)11(4,5)16-12/h1-6H3/i1D3,6D3. The summed E-state index contributed by atoms with van der Waals surface area (Å²) in [6.45, 7) is 4.87. The van der Waals surface area contributed by atoms with Crippen LogP contribution in [0.15, 0.2) is 0 Å². The van der Waals surface area contributed by atoms with E-state index < -0.39 is 32.2 Å². The Morgan fingerprint density at radius 3 is 2.47 bits per heavy atom. The molecule has 1 fully saturated rings. The smallest absolute Gasteiger partial charge is 0.481 e. The van der Waals surface area contributed by atoms with Crippen LogP contribution in [0.25, 0.3) is 0 Å². The molecule has 17 heavy (non-hydrogen) atoms. The molecule has 0 N–H and O–H groups in total. The van der Waals surface area contributed by atoms with E-state index in [2.05, 4.69) is 4.98 Å². The molecule has 2 rings (SSSR count). The molecule has 94 valence electrons. The molecular formula is C11H18BNO3S. The van der Waals surface area contributed by atoms with Gasteiger partial charge in [0.2, 0.25) is 5.88 Å². The minimum absolute atomic E-state index is 0.200. The zero-order valence-electron chi connectivity index (χ0n) is 16.2. The predicted molar refractivity (Wildman–Crippen MR) is 69.1 cm³/mol. The average molecular weight is 261 g/mol. The molecular weight excluding hydrogens is 237 g/mol. The number of rotatable bonds is 2. The Kier molecular flexibility index (Phi) is 1.66. The summed E-state index contributed by atoms with van der Waals surface area (Å²) in [6.07, 6.45) is 0. The molecule has 0 aromatic carbocycles. The van der Waals surface area contributed by atoms with Gasteiger partial charge in [0.1, 0.15) is 0 Å². The average Bonchev–Trinajstić information content (AvgIpc) is 2.75. The maximum absolute atomic E-state index is 7.44. The molecule has 1 aliphatic rings. The summed E-state index contributed by atoms with van der Waals surface area (Å²) >= 11 is 0.807. The van der Waals surface area contributed by atoms with E-state index in [1.165, 1.54) is 0 Å². The van der Waals surface area contributed by atoms with Gasteiger partial charge in [-0.2, -0.15) is 0 Å². The number of ether oxygens (including phenoxy) is 1. The Hall–Kier alpha value is -0.585. The number of nitrogens with zero attached hydrogens (tertiary/aromatic N) is 1. The summed E-state index contributed by atoms with van der Waals surface area (Å²) < 4.78 is 60.7. The van der Waals surface area contributed by atoms with Gasteiger partial charge in [-0.05, 0) is 34.5 Å². The molecule has 4 nitrogen and oxygen atoms in total. The highest BCUT2D eigenvalue weighted by atomic mass is 32.1. The number of thiazole rings is 1. The van der Waals surface area contributed by atoms with Crippen LogP contribution in [-0.2, 0) is 9.31 Å². The van der Waals surface area contributed by atoms with Gasteiger partial charge in [-0.3, -0.25) is 0 Å². The minimum Gasteiger partial charge on any atom is -0.481 e. The van der Waals surface area contributed by atoms with Gasteiger partial charge in [0.05, 0.1) is 32.1 Å². The Bertz CT molecular complexity index is 582. The highest BCUT2D eigenvalue weighted by Crippen LogP contribution is 2.37. The van der Waals surface area contributed by atoms with E-state index in [0.29, 0.717) is 0 Å². The van der Waals surface area contributed by atoms with Crippen molar-refractivity contribution < 1.29 is 22.3 Å². The summed E-state index contributed by atoms with van der Waals surface area (Å²) in [7, 11) is -3.69. The molecule has 2 heterocycles. The van der Waals surface area contributed by atoms with Gasteiger partial charge in [-0.1, -0.05) is 0 Å². The van der Waals surface area contributed by atoms with Gasteiger partial charge in [0, 0.05) is 4.11 Å². The first-order valence-corrected chi connectivity index (χ1v) is 6.00. The largest absolute Gasteiger partial charge is 0.511 e. The van der Waals surface area contributed by atoms with Crippen molar-refractivity contribution in [2.45, 2.75) is 45.7 Å². The van der Waals surface area contributed by atoms with E-state index in [0.717, 1.165) is 11.3 Å². The van der Waals surface area contributed by atoms with Crippen molar-refractivity contribution in [1.29, 1.82) is 0 Å². The third-order valence-corrected chi connectivity index (χ3v) is 4.06. The van der Waals surface area contributed by atoms with Gasteiger partial charge in [0.25, 0.3) is 0 Å². The predicted octanol–water partition coefficient (Wildman–Crippen LogP) is 1.76. The van der Waals surface area contributed by atoms with Crippen molar-refractivity contribution in [3.05, 3.63) is 5.01 Å². The van der Waals surface area contributed by atoms with Crippen molar-refractivity contribution >= 4 is 23.2 Å². The highest BCUT2D eigenvalue weighted by Gasteiger charge is 2.53. The quantitative estimate of drug-likeness (QED) is 0.761. The van der Waals surface area contributed by atoms with E-state index >= 15 is 0 Å². The fourth-order valence-electron chi connectivity index (χ4n) is 1.49. The second-order valence-corrected chi connectivity index (χ2v) is 5.91. The van der Waals surface area contributed by atoms with Crippen LogP contribution >= 0.6 is 11.3 Å². The molecule has 1 aliphatic heterocycles. The van der Waals surface area contributed by atoms with Crippen molar-refractivity contribution in [3.63, 3.8) is 0 Å². The van der Waals surface area contributed by atoms with Crippen LogP contribution in [-0.4, -0.2) is 30.3 Å². The van der Waals surface area contributed by atoms with Crippen LogP contribution in [0.3, 0.4) is 0 Å². The first kappa shape index (κ1) is 7.11. The Morgan fingerprint density at radius 1 is 1.29 bits per heavy atom. The molecule has 0 atom stereocenters. The lowest BCUT2D eigenvalue weighted by Crippen LogP contribution is -2.41. The van der Waals surface area contributed by atoms with E-state index in [9.17, 15) is 0 Å². The Morgan fingerprint density at radius 2 is 1.94 bits per heavy atom. The maximum Gasteiger partial charge on any atom is 0.511 e. The summed E-state index contributed by atoms with van der Waals surface area (Å²) in [6, 6.07) is 0. The van der Waals surface area contributed by atoms with E-state index in [1.54, 1.807) is 0 Å². The number of methoxy groups -OCH3 is 1. The summed E-state index contributed by atoms with van der Waals surface area (Å²) in [5, 5.41) is -0.221. The van der Waals surface area contributed by atoms with Crippen LogP contribution in [0, 0.1) is 6.85 Å². The van der Waals surface area contributed by atoms with Crippen LogP contribution < -0.4 is 9.51 Å². The number of aromatic nitrogens is 1. The molecule has 1 saturated heterocycles. The zero-order valence-corrected chi connectivity index (χ0v) is 11.0. The van der Waals surface area contributed by atoms with Crippen LogP contribution in [0.1, 0.15) is 40.9 Å². The lowest BCUT2D eigenvalue weighted by atomic mass is 9.88. The summed E-state index contributed by atoms with van der Waals surface area (Å²) in [4.78, 5) is 3.82. The molecule has 1 aromatic rings. The molecule has 0 aliphatic carbocycles. The van der Waals surface area contributed by atoms with E-state index in [1.807, 2.05) is 27.7 Å². The first-order chi connectivity index (χ1) is 10.1. The van der Waals surface area contributed by atoms with Crippen molar-refractivity contribution in [2.24, 2.45) is 0 Å². The third kappa shape index (κ3) is 2.09. The zero-order chi connectivity index (χ0) is 17.8. The van der Waals surface area contributed by atoms with Gasteiger partial charge in [-0.15, -0.1) is 11.3 Å². The summed E-state index contributed by atoms with van der Waals surface area (Å²) in [5.74, 6) is -0.292. The molecule has 6 heteroatoms. The molecule has 0 unspecified atom stereocenters. The molecule has 0 spiro atoms. The van der Waals surface area contributed by atoms with Crippen LogP contribution in [0.2, 0.25) is 0 Å². The summed E-state index contributed by atoms with van der Waals surface area (Å²) in [5.41, 5.74) is -1.31. The maximum atomic E-state index is 7.44. The first-order valence-electron chi connectivity index (χ1n) is 8.18. The number of hydrogen-bond donors (Lipinski definition) is 0. The van der Waals surface area contributed by atoms with Gasteiger partial charge in [0.15, 0.2) is 0 Å². The van der Waals surface area contributed by atoms with Crippen molar-refractivity contribution in [3.8, 4) is 5.88 Å². The topological polar surface area (TPSA) is 40.6 Å². The fraction of sp³-hybridized carbons (Fsp3) is 0.727. The van der Waals surface area contributed by atoms with Gasteiger partial charge in [-0.25, -0.2) is 4.98 Å². The second-order valence-electron chi connectivity index (χ2n) is 4.88. The Balaban J connectivity index is 2.43. The monoisotopic (exact) mass is 261 g/mol. The number of hydrogen-bond acceptors (Lipinski definition) is 5. The number of aryl methyl sites for hydroxylation is 1. The lowest BCUT2D eigenvalue weighted by Gasteiger charge is -2.32. The molecule has 1 aromatic heterocycles. The molecule has 0 radical (unpaired) electrons. The van der Waals surface area contributed by atoms with Crippen LogP contribution in [0.4, 0.5) is 0 Å². The SMILES string of the molecule is [2H]C([2H])([2H])Oc1nc(C([2H])([2H])[2H])sc1B1OC(C)(C)C(C)(C)O1. The normalized spacial score (nSPS) is 28.6. The van der Waals surface area contributed by atoms with Crippen molar-refractivity contribution in [1.82, 2.24) is 4.98 Å². The third-order valence-electron chi connectivity index (χ3n) is 3.18. The van der Waals surface area contributed by atoms with Crippen molar-refractivity contribution in [2.75, 3.05) is 7.04 Å². The minimum atomic E-state index is -2.75. The van der Waals surface area contributed by atoms with E-state index in [4.69, 9.17) is 22.3 Å².